The van der Waals surface area contributed by atoms with Gasteiger partial charge in [-0.25, -0.2) is 0 Å². The molecule has 3 N–H and O–H groups in total. The first-order valence-electron chi connectivity index (χ1n) is 7.60. The number of nitrogens with zero attached hydrogens (tertiary/aromatic N) is 2. The zero-order chi connectivity index (χ0) is 19.3. The van der Waals surface area contributed by atoms with Crippen molar-refractivity contribution < 1.29 is 20.1 Å². The molecular formula is C18H23BrN2O4. The van der Waals surface area contributed by atoms with Crippen molar-refractivity contribution in [3.63, 3.8) is 0 Å². The zero-order valence-corrected chi connectivity index (χ0v) is 16.3. The van der Waals surface area contributed by atoms with E-state index in [0.29, 0.717) is 11.1 Å². The van der Waals surface area contributed by atoms with Crippen LogP contribution in [0.25, 0.3) is 0 Å². The molecule has 2 rings (SSSR count). The standard InChI is InChI=1S/C10H13NO3.C8H10BrNO/c1-10(2,14)8-3-7(4-11-5-8)9(13)6-12;1-8(2,11)6-3-7(9)5-10-4-6/h3-5,12,14H,6H2,1-2H3;3-5,11H,1-2H3. The van der Waals surface area contributed by atoms with Crippen LogP contribution in [0.3, 0.4) is 0 Å². The van der Waals surface area contributed by atoms with E-state index in [1.54, 1.807) is 40.1 Å². The molecule has 0 radical (unpaired) electrons. The molecule has 0 saturated carbocycles. The molecule has 25 heavy (non-hydrogen) atoms. The number of hydrogen-bond acceptors (Lipinski definition) is 6. The summed E-state index contributed by atoms with van der Waals surface area (Å²) in [6, 6.07) is 3.39. The second kappa shape index (κ2) is 8.62. The first-order valence-corrected chi connectivity index (χ1v) is 8.40. The predicted molar refractivity (Wildman–Crippen MR) is 98.1 cm³/mol. The molecule has 2 heterocycles. The second-order valence-corrected chi connectivity index (χ2v) is 7.47. The van der Waals surface area contributed by atoms with Crippen molar-refractivity contribution in [2.45, 2.75) is 38.9 Å². The summed E-state index contributed by atoms with van der Waals surface area (Å²) >= 11 is 3.28. The number of carbonyl (C=O) groups excluding carboxylic acids is 1. The fourth-order valence-electron chi connectivity index (χ4n) is 1.76. The van der Waals surface area contributed by atoms with Gasteiger partial charge in [0.15, 0.2) is 5.78 Å². The Morgan fingerprint density at radius 3 is 1.84 bits per heavy atom. The van der Waals surface area contributed by atoms with Crippen molar-refractivity contribution in [2.75, 3.05) is 6.61 Å². The van der Waals surface area contributed by atoms with Gasteiger partial charge in [-0.1, -0.05) is 0 Å². The van der Waals surface area contributed by atoms with Crippen LogP contribution in [0.1, 0.15) is 49.2 Å². The molecule has 0 aliphatic heterocycles. The molecule has 0 aliphatic carbocycles. The maximum atomic E-state index is 11.1. The average molecular weight is 411 g/mol. The van der Waals surface area contributed by atoms with Gasteiger partial charge in [-0.05, 0) is 55.8 Å². The first kappa shape index (κ1) is 21.4. The van der Waals surface area contributed by atoms with Crippen molar-refractivity contribution in [3.8, 4) is 0 Å². The molecule has 0 aromatic carbocycles. The van der Waals surface area contributed by atoms with E-state index in [1.165, 1.54) is 18.5 Å². The lowest BCUT2D eigenvalue weighted by molar-refractivity contribution is 0.0774. The number of halogens is 1. The minimum Gasteiger partial charge on any atom is -0.388 e. The SMILES string of the molecule is CC(C)(O)c1cncc(Br)c1.CC(C)(O)c1cncc(C(=O)CO)c1. The van der Waals surface area contributed by atoms with Crippen LogP contribution in [-0.2, 0) is 11.2 Å². The lowest BCUT2D eigenvalue weighted by Crippen LogP contribution is -2.17. The third-order valence-corrected chi connectivity index (χ3v) is 3.76. The Morgan fingerprint density at radius 1 is 0.960 bits per heavy atom. The number of carbonyl (C=O) groups is 1. The van der Waals surface area contributed by atoms with Crippen LogP contribution >= 0.6 is 15.9 Å². The molecule has 136 valence electrons. The van der Waals surface area contributed by atoms with Gasteiger partial charge in [0, 0.05) is 46.0 Å². The summed E-state index contributed by atoms with van der Waals surface area (Å²) in [5, 5.41) is 27.8. The summed E-state index contributed by atoms with van der Waals surface area (Å²) in [6.45, 7) is 6.14. The first-order chi connectivity index (χ1) is 11.4. The number of aliphatic hydroxyl groups is 3. The highest BCUT2D eigenvalue weighted by atomic mass is 79.9. The summed E-state index contributed by atoms with van der Waals surface area (Å²) in [5.74, 6) is -0.399. The molecule has 7 heteroatoms. The third kappa shape index (κ3) is 6.99. The van der Waals surface area contributed by atoms with Crippen LogP contribution in [0.2, 0.25) is 0 Å². The predicted octanol–water partition coefficient (Wildman–Crippen LogP) is 2.56. The Morgan fingerprint density at radius 2 is 1.44 bits per heavy atom. The normalized spacial score (nSPS) is 11.5. The van der Waals surface area contributed by atoms with Gasteiger partial charge in [-0.3, -0.25) is 14.8 Å². The number of pyridine rings is 2. The zero-order valence-electron chi connectivity index (χ0n) is 14.7. The van der Waals surface area contributed by atoms with Gasteiger partial charge in [0.25, 0.3) is 0 Å². The van der Waals surface area contributed by atoms with Gasteiger partial charge in [0.2, 0.25) is 0 Å². The van der Waals surface area contributed by atoms with Crippen LogP contribution in [0.4, 0.5) is 0 Å². The molecule has 0 amide bonds. The Bertz CT molecular complexity index is 722. The smallest absolute Gasteiger partial charge is 0.189 e. The van der Waals surface area contributed by atoms with E-state index in [4.69, 9.17) is 5.11 Å². The van der Waals surface area contributed by atoms with Crippen molar-refractivity contribution in [1.82, 2.24) is 9.97 Å². The highest BCUT2D eigenvalue weighted by molar-refractivity contribution is 9.10. The summed E-state index contributed by atoms with van der Waals surface area (Å²) in [4.78, 5) is 18.9. The number of aromatic nitrogens is 2. The number of ketones is 1. The summed E-state index contributed by atoms with van der Waals surface area (Å²) in [6.07, 6.45) is 6.21. The monoisotopic (exact) mass is 410 g/mol. The Balaban J connectivity index is 0.000000257. The maximum Gasteiger partial charge on any atom is 0.189 e. The number of rotatable bonds is 4. The molecule has 0 unspecified atom stereocenters. The fourth-order valence-corrected chi connectivity index (χ4v) is 2.13. The molecule has 0 bridgehead atoms. The number of aliphatic hydroxyl groups excluding tert-OH is 1. The largest absolute Gasteiger partial charge is 0.388 e. The summed E-state index contributed by atoms with van der Waals surface area (Å²) in [5.41, 5.74) is -0.161. The maximum absolute atomic E-state index is 11.1. The number of Topliss-reactive ketones (excluding diaryl/α,β-unsaturated/α-hetero) is 1. The van der Waals surface area contributed by atoms with Gasteiger partial charge >= 0.3 is 0 Å². The second-order valence-electron chi connectivity index (χ2n) is 6.55. The van der Waals surface area contributed by atoms with E-state index < -0.39 is 23.6 Å². The Kier molecular flexibility index (Phi) is 7.37. The van der Waals surface area contributed by atoms with Gasteiger partial charge in [0.1, 0.15) is 6.61 Å². The molecule has 6 nitrogen and oxygen atoms in total. The summed E-state index contributed by atoms with van der Waals surface area (Å²) in [7, 11) is 0. The highest BCUT2D eigenvalue weighted by Gasteiger charge is 2.18. The van der Waals surface area contributed by atoms with E-state index in [0.717, 1.165) is 10.0 Å². The van der Waals surface area contributed by atoms with Crippen LogP contribution < -0.4 is 0 Å². The van der Waals surface area contributed by atoms with Crippen LogP contribution in [-0.4, -0.2) is 37.7 Å². The highest BCUT2D eigenvalue weighted by Crippen LogP contribution is 2.21. The minimum atomic E-state index is -1.03. The van der Waals surface area contributed by atoms with E-state index >= 15 is 0 Å². The van der Waals surface area contributed by atoms with Crippen molar-refractivity contribution in [2.24, 2.45) is 0 Å². The quantitative estimate of drug-likeness (QED) is 0.669. The van der Waals surface area contributed by atoms with E-state index in [-0.39, 0.29) is 0 Å². The average Bonchev–Trinajstić information content (AvgIpc) is 2.53. The van der Waals surface area contributed by atoms with Crippen molar-refractivity contribution in [3.05, 3.63) is 58.1 Å². The van der Waals surface area contributed by atoms with Crippen LogP contribution in [0, 0.1) is 0 Å². The molecule has 0 spiro atoms. The molecular weight excluding hydrogens is 388 g/mol. The molecule has 0 aliphatic rings. The Labute approximate surface area is 155 Å². The van der Waals surface area contributed by atoms with Crippen molar-refractivity contribution in [1.29, 1.82) is 0 Å². The molecule has 2 aromatic rings. The van der Waals surface area contributed by atoms with E-state index in [9.17, 15) is 15.0 Å². The van der Waals surface area contributed by atoms with E-state index in [1.807, 2.05) is 6.07 Å². The topological polar surface area (TPSA) is 104 Å². The minimum absolute atomic E-state index is 0.312. The lowest BCUT2D eigenvalue weighted by atomic mass is 9.98. The van der Waals surface area contributed by atoms with Crippen LogP contribution in [0.15, 0.2) is 41.4 Å². The molecule has 2 aromatic heterocycles. The molecule has 0 saturated heterocycles. The van der Waals surface area contributed by atoms with Gasteiger partial charge in [0.05, 0.1) is 11.2 Å². The van der Waals surface area contributed by atoms with Crippen LogP contribution in [0.5, 0.6) is 0 Å². The molecule has 0 fully saturated rings. The van der Waals surface area contributed by atoms with E-state index in [2.05, 4.69) is 25.9 Å². The summed E-state index contributed by atoms with van der Waals surface area (Å²) < 4.78 is 0.886. The van der Waals surface area contributed by atoms with Gasteiger partial charge < -0.3 is 15.3 Å². The Hall–Kier alpha value is -1.67. The van der Waals surface area contributed by atoms with Gasteiger partial charge in [-0.2, -0.15) is 0 Å². The van der Waals surface area contributed by atoms with Crippen molar-refractivity contribution >= 4 is 21.7 Å². The van der Waals surface area contributed by atoms with Gasteiger partial charge in [-0.15, -0.1) is 0 Å². The number of hydrogen-bond donors (Lipinski definition) is 3. The molecule has 0 atom stereocenters. The third-order valence-electron chi connectivity index (χ3n) is 3.32. The fraction of sp³-hybridized carbons (Fsp3) is 0.389. The lowest BCUT2D eigenvalue weighted by Gasteiger charge is -2.17.